The molecule has 2 aromatic rings. The van der Waals surface area contributed by atoms with Crippen molar-refractivity contribution in [3.05, 3.63) is 35.9 Å². The Labute approximate surface area is 128 Å². The summed E-state index contributed by atoms with van der Waals surface area (Å²) in [6.07, 6.45) is 2.58. The van der Waals surface area contributed by atoms with Crippen LogP contribution in [0.15, 0.2) is 30.3 Å². The summed E-state index contributed by atoms with van der Waals surface area (Å²) >= 11 is 7.18. The van der Waals surface area contributed by atoms with Crippen LogP contribution < -0.4 is 11.1 Å². The van der Waals surface area contributed by atoms with Crippen LogP contribution in [0, 0.1) is 0 Å². The van der Waals surface area contributed by atoms with Crippen molar-refractivity contribution in [1.82, 2.24) is 4.98 Å². The fourth-order valence-corrected chi connectivity index (χ4v) is 3.81. The van der Waals surface area contributed by atoms with Crippen LogP contribution in [0.5, 0.6) is 0 Å². The van der Waals surface area contributed by atoms with Crippen molar-refractivity contribution in [1.29, 1.82) is 0 Å². The zero-order valence-electron chi connectivity index (χ0n) is 11.1. The molecule has 104 valence electrons. The predicted octanol–water partition coefficient (Wildman–Crippen LogP) is 3.18. The van der Waals surface area contributed by atoms with Crippen LogP contribution in [-0.4, -0.2) is 27.5 Å². The molecule has 1 saturated heterocycles. The Balaban J connectivity index is 1.90. The number of nitrogens with two attached hydrogens (primary N) is 1. The molecule has 3 N–H and O–H groups in total. The highest BCUT2D eigenvalue weighted by Crippen LogP contribution is 2.27. The van der Waals surface area contributed by atoms with Crippen LogP contribution in [0.2, 0.25) is 0 Å². The van der Waals surface area contributed by atoms with Gasteiger partial charge in [-0.3, -0.25) is 0 Å². The van der Waals surface area contributed by atoms with Crippen molar-refractivity contribution in [3.63, 3.8) is 0 Å². The number of aromatic nitrogens is 1. The second-order valence-corrected chi connectivity index (χ2v) is 6.81. The van der Waals surface area contributed by atoms with E-state index in [2.05, 4.69) is 10.3 Å². The Kier molecular flexibility index (Phi) is 4.08. The molecule has 2 heterocycles. The van der Waals surface area contributed by atoms with E-state index >= 15 is 0 Å². The Morgan fingerprint density at radius 1 is 1.45 bits per heavy atom. The van der Waals surface area contributed by atoms with E-state index in [1.54, 1.807) is 0 Å². The first-order valence-electron chi connectivity index (χ1n) is 6.79. The third-order valence-corrected chi connectivity index (χ3v) is 5.13. The molecule has 0 aliphatic carbocycles. The molecule has 1 aliphatic rings. The molecule has 5 heteroatoms. The molecule has 0 amide bonds. The average molecular weight is 303 g/mol. The molecule has 1 fully saturated rings. The van der Waals surface area contributed by atoms with Crippen LogP contribution in [0.25, 0.3) is 10.9 Å². The molecule has 1 aromatic carbocycles. The first-order valence-corrected chi connectivity index (χ1v) is 8.25. The van der Waals surface area contributed by atoms with Gasteiger partial charge in [-0.2, -0.15) is 11.8 Å². The van der Waals surface area contributed by atoms with E-state index in [0.717, 1.165) is 28.8 Å². The molecular formula is C15H17N3S2. The van der Waals surface area contributed by atoms with Crippen molar-refractivity contribution in [2.24, 2.45) is 5.73 Å². The van der Waals surface area contributed by atoms with Gasteiger partial charge in [-0.25, -0.2) is 4.98 Å². The number of rotatable bonds is 4. The predicted molar refractivity (Wildman–Crippen MR) is 91.6 cm³/mol. The molecule has 0 saturated carbocycles. The Morgan fingerprint density at radius 3 is 3.05 bits per heavy atom. The standard InChI is InChI=1S/C15H17N3S2/c16-14(19)12-8-10-4-1-2-6-13(10)18-15(12)17-9-11-5-3-7-20-11/h1-2,4,6,8,11H,3,5,7,9H2,(H2,16,19)(H,17,18). The molecule has 1 unspecified atom stereocenters. The number of anilines is 1. The Bertz CT molecular complexity index is 636. The van der Waals surface area contributed by atoms with Gasteiger partial charge in [-0.15, -0.1) is 0 Å². The lowest BCUT2D eigenvalue weighted by Gasteiger charge is -2.14. The van der Waals surface area contributed by atoms with Gasteiger partial charge in [0.05, 0.1) is 11.1 Å². The largest absolute Gasteiger partial charge is 0.389 e. The number of hydrogen-bond acceptors (Lipinski definition) is 4. The lowest BCUT2D eigenvalue weighted by atomic mass is 10.1. The second kappa shape index (κ2) is 5.97. The highest BCUT2D eigenvalue weighted by Gasteiger charge is 2.16. The maximum absolute atomic E-state index is 5.84. The number of hydrogen-bond donors (Lipinski definition) is 2. The third-order valence-electron chi connectivity index (χ3n) is 3.51. The molecule has 3 nitrogen and oxygen atoms in total. The topological polar surface area (TPSA) is 50.9 Å². The number of fused-ring (bicyclic) bond motifs is 1. The van der Waals surface area contributed by atoms with E-state index < -0.39 is 0 Å². The number of nitrogens with one attached hydrogen (secondary N) is 1. The van der Waals surface area contributed by atoms with Gasteiger partial charge in [-0.05, 0) is 30.7 Å². The van der Waals surface area contributed by atoms with Crippen molar-refractivity contribution in [2.45, 2.75) is 18.1 Å². The molecule has 0 bridgehead atoms. The second-order valence-electron chi connectivity index (χ2n) is 4.96. The molecule has 1 aromatic heterocycles. The maximum atomic E-state index is 5.84. The summed E-state index contributed by atoms with van der Waals surface area (Å²) in [5.41, 5.74) is 7.64. The van der Waals surface area contributed by atoms with Gasteiger partial charge in [0.1, 0.15) is 10.8 Å². The van der Waals surface area contributed by atoms with Gasteiger partial charge in [-0.1, -0.05) is 30.4 Å². The fourth-order valence-electron chi connectivity index (χ4n) is 2.45. The van der Waals surface area contributed by atoms with Crippen molar-refractivity contribution >= 4 is 45.7 Å². The average Bonchev–Trinajstić information content (AvgIpc) is 2.97. The highest BCUT2D eigenvalue weighted by molar-refractivity contribution is 8.00. The Morgan fingerprint density at radius 2 is 2.30 bits per heavy atom. The monoisotopic (exact) mass is 303 g/mol. The SMILES string of the molecule is NC(=S)c1cc2ccccc2nc1NCC1CCCS1. The van der Waals surface area contributed by atoms with Gasteiger partial charge < -0.3 is 11.1 Å². The normalized spacial score (nSPS) is 18.3. The zero-order chi connectivity index (χ0) is 13.9. The van der Waals surface area contributed by atoms with Crippen LogP contribution >= 0.6 is 24.0 Å². The van der Waals surface area contributed by atoms with E-state index in [4.69, 9.17) is 18.0 Å². The summed E-state index contributed by atoms with van der Waals surface area (Å²) < 4.78 is 0. The van der Waals surface area contributed by atoms with Gasteiger partial charge in [0, 0.05) is 17.2 Å². The Hall–Kier alpha value is -1.33. The van der Waals surface area contributed by atoms with Crippen LogP contribution in [-0.2, 0) is 0 Å². The number of para-hydroxylation sites is 1. The summed E-state index contributed by atoms with van der Waals surface area (Å²) in [7, 11) is 0. The minimum atomic E-state index is 0.393. The molecule has 0 spiro atoms. The molecule has 1 atom stereocenters. The van der Waals surface area contributed by atoms with Gasteiger partial charge in [0.25, 0.3) is 0 Å². The van der Waals surface area contributed by atoms with E-state index in [1.165, 1.54) is 18.6 Å². The number of thiocarbonyl (C=S) groups is 1. The molecule has 3 rings (SSSR count). The molecule has 20 heavy (non-hydrogen) atoms. The van der Waals surface area contributed by atoms with Crippen LogP contribution in [0.1, 0.15) is 18.4 Å². The minimum Gasteiger partial charge on any atom is -0.389 e. The number of nitrogens with zero attached hydrogens (tertiary/aromatic N) is 1. The summed E-state index contributed by atoms with van der Waals surface area (Å²) in [5, 5.41) is 5.16. The maximum Gasteiger partial charge on any atom is 0.137 e. The van der Waals surface area contributed by atoms with E-state index in [9.17, 15) is 0 Å². The highest BCUT2D eigenvalue weighted by atomic mass is 32.2. The smallest absolute Gasteiger partial charge is 0.137 e. The zero-order valence-corrected chi connectivity index (χ0v) is 12.8. The van der Waals surface area contributed by atoms with Crippen molar-refractivity contribution in [3.8, 4) is 0 Å². The van der Waals surface area contributed by atoms with E-state index in [-0.39, 0.29) is 0 Å². The summed E-state index contributed by atoms with van der Waals surface area (Å²) in [4.78, 5) is 5.06. The minimum absolute atomic E-state index is 0.393. The molecular weight excluding hydrogens is 286 g/mol. The van der Waals surface area contributed by atoms with Crippen LogP contribution in [0.4, 0.5) is 5.82 Å². The lowest BCUT2D eigenvalue weighted by Crippen LogP contribution is -2.19. The summed E-state index contributed by atoms with van der Waals surface area (Å²) in [6, 6.07) is 10.0. The van der Waals surface area contributed by atoms with E-state index in [0.29, 0.717) is 10.2 Å². The molecule has 0 radical (unpaired) electrons. The third kappa shape index (κ3) is 2.88. The number of pyridine rings is 1. The number of benzene rings is 1. The van der Waals surface area contributed by atoms with Crippen molar-refractivity contribution < 1.29 is 0 Å². The van der Waals surface area contributed by atoms with Gasteiger partial charge in [0.2, 0.25) is 0 Å². The van der Waals surface area contributed by atoms with E-state index in [1.807, 2.05) is 42.1 Å². The molecule has 1 aliphatic heterocycles. The first kappa shape index (κ1) is 13.6. The summed E-state index contributed by atoms with van der Waals surface area (Å²) in [5.74, 6) is 2.07. The van der Waals surface area contributed by atoms with Gasteiger partial charge >= 0.3 is 0 Å². The summed E-state index contributed by atoms with van der Waals surface area (Å²) in [6.45, 7) is 0.922. The fraction of sp³-hybridized carbons (Fsp3) is 0.333. The van der Waals surface area contributed by atoms with Crippen LogP contribution in [0.3, 0.4) is 0 Å². The van der Waals surface area contributed by atoms with Gasteiger partial charge in [0.15, 0.2) is 0 Å². The quantitative estimate of drug-likeness (QED) is 0.850. The van der Waals surface area contributed by atoms with Crippen molar-refractivity contribution in [2.75, 3.05) is 17.6 Å². The lowest BCUT2D eigenvalue weighted by molar-refractivity contribution is 0.804. The first-order chi connectivity index (χ1) is 9.74. The number of thioether (sulfide) groups is 1.